The van der Waals surface area contributed by atoms with Gasteiger partial charge < -0.3 is 5.73 Å². The van der Waals surface area contributed by atoms with E-state index in [1.807, 2.05) is 6.20 Å². The second-order valence-corrected chi connectivity index (χ2v) is 6.43. The van der Waals surface area contributed by atoms with Crippen molar-refractivity contribution >= 4 is 0 Å². The zero-order chi connectivity index (χ0) is 13.9. The first-order chi connectivity index (χ1) is 9.83. The highest BCUT2D eigenvalue weighted by Crippen LogP contribution is 2.40. The Morgan fingerprint density at radius 3 is 3.00 bits per heavy atom. The van der Waals surface area contributed by atoms with E-state index < -0.39 is 0 Å². The molecular formula is C16H28N4. The molecule has 3 rings (SSSR count). The van der Waals surface area contributed by atoms with E-state index in [0.717, 1.165) is 24.9 Å². The Kier molecular flexibility index (Phi) is 4.41. The third-order valence-corrected chi connectivity index (χ3v) is 5.15. The van der Waals surface area contributed by atoms with Crippen LogP contribution < -0.4 is 5.73 Å². The normalized spacial score (nSPS) is 28.5. The smallest absolute Gasteiger partial charge is 0.0538 e. The Balaban J connectivity index is 1.77. The molecular weight excluding hydrogens is 248 g/mol. The Labute approximate surface area is 122 Å². The molecule has 1 aliphatic heterocycles. The van der Waals surface area contributed by atoms with Crippen molar-refractivity contribution in [2.24, 2.45) is 11.7 Å². The van der Waals surface area contributed by atoms with Crippen LogP contribution in [-0.2, 0) is 6.54 Å². The summed E-state index contributed by atoms with van der Waals surface area (Å²) < 4.78 is 2.06. The van der Waals surface area contributed by atoms with Crippen molar-refractivity contribution in [3.05, 3.63) is 18.0 Å². The molecule has 1 aromatic heterocycles. The molecule has 2 heterocycles. The van der Waals surface area contributed by atoms with Crippen LogP contribution in [0.4, 0.5) is 0 Å². The van der Waals surface area contributed by atoms with Gasteiger partial charge in [0.25, 0.3) is 0 Å². The summed E-state index contributed by atoms with van der Waals surface area (Å²) in [5, 5.41) is 4.49. The van der Waals surface area contributed by atoms with Gasteiger partial charge in [-0.3, -0.25) is 9.58 Å². The number of rotatable bonds is 5. The summed E-state index contributed by atoms with van der Waals surface area (Å²) in [5.74, 6) is 0.920. The van der Waals surface area contributed by atoms with Crippen LogP contribution in [0.15, 0.2) is 12.4 Å². The van der Waals surface area contributed by atoms with Gasteiger partial charge in [-0.1, -0.05) is 13.3 Å². The molecule has 3 unspecified atom stereocenters. The fourth-order valence-corrected chi connectivity index (χ4v) is 4.25. The fraction of sp³-hybridized carbons (Fsp3) is 0.812. The maximum Gasteiger partial charge on any atom is 0.0538 e. The molecule has 1 saturated heterocycles. The van der Waals surface area contributed by atoms with Gasteiger partial charge in [-0.25, -0.2) is 0 Å². The molecule has 3 atom stereocenters. The Morgan fingerprint density at radius 2 is 2.20 bits per heavy atom. The molecule has 2 fully saturated rings. The van der Waals surface area contributed by atoms with Crippen LogP contribution in [0.3, 0.4) is 0 Å². The minimum atomic E-state index is 0.367. The molecule has 2 aliphatic rings. The summed E-state index contributed by atoms with van der Waals surface area (Å²) in [6.45, 7) is 5.11. The van der Waals surface area contributed by atoms with Gasteiger partial charge in [0.2, 0.25) is 0 Å². The molecule has 1 aromatic rings. The molecule has 112 valence electrons. The maximum atomic E-state index is 6.12. The number of hydrogen-bond acceptors (Lipinski definition) is 3. The van der Waals surface area contributed by atoms with E-state index >= 15 is 0 Å². The van der Waals surface area contributed by atoms with E-state index in [9.17, 15) is 0 Å². The summed E-state index contributed by atoms with van der Waals surface area (Å²) in [4.78, 5) is 2.69. The van der Waals surface area contributed by atoms with Gasteiger partial charge in [0, 0.05) is 30.9 Å². The van der Waals surface area contributed by atoms with Crippen molar-refractivity contribution in [2.45, 2.75) is 64.1 Å². The average Bonchev–Trinajstić information content (AvgIpc) is 3.09. The molecule has 1 saturated carbocycles. The first-order valence-corrected chi connectivity index (χ1v) is 8.31. The SMILES string of the molecule is CCCn1cc(C(CN)N2CCCC3CCCC32)cn1. The second-order valence-electron chi connectivity index (χ2n) is 6.43. The third kappa shape index (κ3) is 2.63. The Hall–Kier alpha value is -0.870. The van der Waals surface area contributed by atoms with Gasteiger partial charge in [-0.2, -0.15) is 5.10 Å². The fourth-order valence-electron chi connectivity index (χ4n) is 4.25. The molecule has 20 heavy (non-hydrogen) atoms. The van der Waals surface area contributed by atoms with E-state index in [-0.39, 0.29) is 0 Å². The molecule has 4 nitrogen and oxygen atoms in total. The summed E-state index contributed by atoms with van der Waals surface area (Å²) in [7, 11) is 0. The number of aryl methyl sites for hydroxylation is 1. The molecule has 0 radical (unpaired) electrons. The van der Waals surface area contributed by atoms with Crippen molar-refractivity contribution in [1.82, 2.24) is 14.7 Å². The number of aromatic nitrogens is 2. The van der Waals surface area contributed by atoms with E-state index in [0.29, 0.717) is 12.6 Å². The monoisotopic (exact) mass is 276 g/mol. The quantitative estimate of drug-likeness (QED) is 0.899. The molecule has 4 heteroatoms. The molecule has 0 amide bonds. The molecule has 2 N–H and O–H groups in total. The van der Waals surface area contributed by atoms with Crippen molar-refractivity contribution in [3.63, 3.8) is 0 Å². The van der Waals surface area contributed by atoms with Crippen molar-refractivity contribution in [2.75, 3.05) is 13.1 Å². The topological polar surface area (TPSA) is 47.1 Å². The number of likely N-dealkylation sites (tertiary alicyclic amines) is 1. The van der Waals surface area contributed by atoms with Gasteiger partial charge in [0.15, 0.2) is 0 Å². The van der Waals surface area contributed by atoms with Crippen LogP contribution in [-0.4, -0.2) is 33.8 Å². The lowest BCUT2D eigenvalue weighted by atomic mass is 9.90. The molecule has 0 bridgehead atoms. The van der Waals surface area contributed by atoms with Gasteiger partial charge in [-0.15, -0.1) is 0 Å². The summed E-state index contributed by atoms with van der Waals surface area (Å²) in [6, 6.07) is 1.14. The number of fused-ring (bicyclic) bond motifs is 1. The Morgan fingerprint density at radius 1 is 1.35 bits per heavy atom. The second kappa shape index (κ2) is 6.27. The predicted molar refractivity (Wildman–Crippen MR) is 81.4 cm³/mol. The van der Waals surface area contributed by atoms with Crippen molar-refractivity contribution in [3.8, 4) is 0 Å². The standard InChI is InChI=1S/C16H28N4/c1-2-8-19-12-14(11-18-19)16(10-17)20-9-4-6-13-5-3-7-15(13)20/h11-13,15-16H,2-10,17H2,1H3. The summed E-state index contributed by atoms with van der Waals surface area (Å²) in [6.07, 6.45) is 12.3. The van der Waals surface area contributed by atoms with Crippen LogP contribution in [0, 0.1) is 5.92 Å². The highest BCUT2D eigenvalue weighted by molar-refractivity contribution is 5.13. The van der Waals surface area contributed by atoms with E-state index in [4.69, 9.17) is 5.73 Å². The molecule has 0 spiro atoms. The first kappa shape index (κ1) is 14.1. The largest absolute Gasteiger partial charge is 0.329 e. The summed E-state index contributed by atoms with van der Waals surface area (Å²) in [5.41, 5.74) is 7.44. The molecule has 1 aliphatic carbocycles. The van der Waals surface area contributed by atoms with Crippen molar-refractivity contribution in [1.29, 1.82) is 0 Å². The van der Waals surface area contributed by atoms with Gasteiger partial charge in [0.05, 0.1) is 12.2 Å². The first-order valence-electron chi connectivity index (χ1n) is 8.31. The van der Waals surface area contributed by atoms with Crippen LogP contribution in [0.2, 0.25) is 0 Å². The number of hydrogen-bond donors (Lipinski definition) is 1. The highest BCUT2D eigenvalue weighted by Gasteiger charge is 2.38. The number of piperidine rings is 1. The average molecular weight is 276 g/mol. The van der Waals surface area contributed by atoms with Crippen LogP contribution >= 0.6 is 0 Å². The van der Waals surface area contributed by atoms with Crippen LogP contribution in [0.5, 0.6) is 0 Å². The third-order valence-electron chi connectivity index (χ3n) is 5.15. The van der Waals surface area contributed by atoms with Crippen molar-refractivity contribution < 1.29 is 0 Å². The lowest BCUT2D eigenvalue weighted by molar-refractivity contribution is 0.0701. The minimum Gasteiger partial charge on any atom is -0.329 e. The number of nitrogens with two attached hydrogens (primary N) is 1. The lowest BCUT2D eigenvalue weighted by Crippen LogP contribution is -2.46. The van der Waals surface area contributed by atoms with E-state index in [1.54, 1.807) is 0 Å². The lowest BCUT2D eigenvalue weighted by Gasteiger charge is -2.42. The zero-order valence-electron chi connectivity index (χ0n) is 12.7. The van der Waals surface area contributed by atoms with E-state index in [1.165, 1.54) is 44.2 Å². The predicted octanol–water partition coefficient (Wildman–Crippen LogP) is 2.56. The van der Waals surface area contributed by atoms with Gasteiger partial charge >= 0.3 is 0 Å². The van der Waals surface area contributed by atoms with Crippen LogP contribution in [0.1, 0.15) is 57.1 Å². The highest BCUT2D eigenvalue weighted by atomic mass is 15.3. The van der Waals surface area contributed by atoms with Gasteiger partial charge in [0.1, 0.15) is 0 Å². The minimum absolute atomic E-state index is 0.367. The maximum absolute atomic E-state index is 6.12. The number of nitrogens with zero attached hydrogens (tertiary/aromatic N) is 3. The summed E-state index contributed by atoms with van der Waals surface area (Å²) >= 11 is 0. The van der Waals surface area contributed by atoms with Gasteiger partial charge in [-0.05, 0) is 44.6 Å². The van der Waals surface area contributed by atoms with Crippen LogP contribution in [0.25, 0.3) is 0 Å². The molecule has 0 aromatic carbocycles. The Bertz CT molecular complexity index is 428. The van der Waals surface area contributed by atoms with E-state index in [2.05, 4.69) is 27.8 Å². The zero-order valence-corrected chi connectivity index (χ0v) is 12.7.